The molecule has 0 aliphatic heterocycles. The summed E-state index contributed by atoms with van der Waals surface area (Å²) in [6, 6.07) is 3.65. The number of benzene rings is 1. The second kappa shape index (κ2) is 4.72. The third-order valence-corrected chi connectivity index (χ3v) is 4.58. The number of H-pyrrole nitrogens is 1. The molecule has 1 aliphatic carbocycles. The van der Waals surface area contributed by atoms with E-state index in [-0.39, 0.29) is 0 Å². The smallest absolute Gasteiger partial charge is 0.110 e. The van der Waals surface area contributed by atoms with E-state index >= 15 is 0 Å². The molecule has 5 heteroatoms. The van der Waals surface area contributed by atoms with Crippen LogP contribution >= 0.6 is 23.2 Å². The molecule has 1 fully saturated rings. The van der Waals surface area contributed by atoms with Crippen LogP contribution in [0.3, 0.4) is 0 Å². The van der Waals surface area contributed by atoms with Gasteiger partial charge in [0.05, 0.1) is 21.1 Å². The fourth-order valence-electron chi connectivity index (χ4n) is 2.88. The minimum Gasteiger partial charge on any atom is -0.342 e. The Morgan fingerprint density at radius 3 is 2.83 bits per heavy atom. The normalized spacial score (nSPS) is 23.9. The Balaban J connectivity index is 2.03. The number of hydrogen-bond acceptors (Lipinski definition) is 2. The predicted octanol–water partition coefficient (Wildman–Crippen LogP) is 3.71. The molecule has 3 nitrogen and oxygen atoms in total. The summed E-state index contributed by atoms with van der Waals surface area (Å²) in [7, 11) is 0. The van der Waals surface area contributed by atoms with Crippen molar-refractivity contribution in [1.82, 2.24) is 9.97 Å². The molecule has 96 valence electrons. The van der Waals surface area contributed by atoms with Gasteiger partial charge >= 0.3 is 0 Å². The molecule has 0 bridgehead atoms. The second-order valence-electron chi connectivity index (χ2n) is 4.94. The fourth-order valence-corrected chi connectivity index (χ4v) is 3.20. The van der Waals surface area contributed by atoms with E-state index in [1.165, 1.54) is 12.8 Å². The molecule has 0 radical (unpaired) electrons. The molecule has 3 rings (SSSR count). The molecule has 3 N–H and O–H groups in total. The van der Waals surface area contributed by atoms with Crippen LogP contribution in [0.15, 0.2) is 12.1 Å². The molecular formula is C13H15Cl2N3. The summed E-state index contributed by atoms with van der Waals surface area (Å²) in [5, 5.41) is 1.10. The van der Waals surface area contributed by atoms with E-state index in [2.05, 4.69) is 9.97 Å². The van der Waals surface area contributed by atoms with E-state index in [1.54, 1.807) is 0 Å². The monoisotopic (exact) mass is 283 g/mol. The van der Waals surface area contributed by atoms with Crippen LogP contribution in [0, 0.1) is 5.92 Å². The van der Waals surface area contributed by atoms with Crippen LogP contribution in [0.25, 0.3) is 11.0 Å². The summed E-state index contributed by atoms with van der Waals surface area (Å²) >= 11 is 12.0. The lowest BCUT2D eigenvalue weighted by Crippen LogP contribution is -2.17. The van der Waals surface area contributed by atoms with Crippen molar-refractivity contribution < 1.29 is 0 Å². The van der Waals surface area contributed by atoms with Crippen LogP contribution in [0.2, 0.25) is 10.0 Å². The van der Waals surface area contributed by atoms with Gasteiger partial charge in [-0.25, -0.2) is 4.98 Å². The standard InChI is InChI=1S/C13H15Cl2N3/c14-9-4-11-12(5-10(9)15)18-13(17-11)8-3-1-2-7(8)6-16/h4-5,7-8H,1-3,6,16H2,(H,17,18). The van der Waals surface area contributed by atoms with Crippen molar-refractivity contribution in [2.75, 3.05) is 6.54 Å². The molecule has 2 unspecified atom stereocenters. The van der Waals surface area contributed by atoms with E-state index in [9.17, 15) is 0 Å². The Morgan fingerprint density at radius 1 is 1.28 bits per heavy atom. The largest absolute Gasteiger partial charge is 0.342 e. The van der Waals surface area contributed by atoms with Crippen LogP contribution in [-0.2, 0) is 0 Å². The molecule has 1 saturated carbocycles. The molecule has 0 spiro atoms. The van der Waals surface area contributed by atoms with Crippen molar-refractivity contribution in [3.63, 3.8) is 0 Å². The van der Waals surface area contributed by atoms with Gasteiger partial charge in [-0.1, -0.05) is 29.6 Å². The van der Waals surface area contributed by atoms with Crippen molar-refractivity contribution >= 4 is 34.2 Å². The molecule has 1 aromatic carbocycles. The Bertz CT molecular complexity index is 540. The summed E-state index contributed by atoms with van der Waals surface area (Å²) in [5.74, 6) is 2.01. The number of nitrogens with two attached hydrogens (primary N) is 1. The molecule has 1 heterocycles. The number of nitrogens with zero attached hydrogens (tertiary/aromatic N) is 1. The van der Waals surface area contributed by atoms with E-state index in [4.69, 9.17) is 28.9 Å². The second-order valence-corrected chi connectivity index (χ2v) is 5.75. The van der Waals surface area contributed by atoms with Crippen LogP contribution in [-0.4, -0.2) is 16.5 Å². The maximum Gasteiger partial charge on any atom is 0.110 e. The molecule has 2 atom stereocenters. The highest BCUT2D eigenvalue weighted by atomic mass is 35.5. The maximum absolute atomic E-state index is 6.01. The topological polar surface area (TPSA) is 54.7 Å². The third kappa shape index (κ3) is 2.00. The van der Waals surface area contributed by atoms with Gasteiger partial charge in [0.15, 0.2) is 0 Å². The van der Waals surface area contributed by atoms with Gasteiger partial charge in [-0.15, -0.1) is 0 Å². The zero-order valence-electron chi connectivity index (χ0n) is 9.92. The third-order valence-electron chi connectivity index (χ3n) is 3.86. The van der Waals surface area contributed by atoms with Crippen molar-refractivity contribution in [1.29, 1.82) is 0 Å². The predicted molar refractivity (Wildman–Crippen MR) is 75.3 cm³/mol. The van der Waals surface area contributed by atoms with E-state index in [0.717, 1.165) is 29.8 Å². The number of fused-ring (bicyclic) bond motifs is 1. The number of hydrogen-bond donors (Lipinski definition) is 2. The zero-order chi connectivity index (χ0) is 12.7. The highest BCUT2D eigenvalue weighted by Gasteiger charge is 2.29. The zero-order valence-corrected chi connectivity index (χ0v) is 11.4. The van der Waals surface area contributed by atoms with Gasteiger partial charge in [0.25, 0.3) is 0 Å². The first-order chi connectivity index (χ1) is 8.69. The first-order valence-corrected chi connectivity index (χ1v) is 6.99. The van der Waals surface area contributed by atoms with Crippen molar-refractivity contribution in [2.45, 2.75) is 25.2 Å². The Morgan fingerprint density at radius 2 is 2.06 bits per heavy atom. The lowest BCUT2D eigenvalue weighted by Gasteiger charge is -2.14. The number of aromatic amines is 1. The maximum atomic E-state index is 6.01. The average Bonchev–Trinajstić information content (AvgIpc) is 2.95. The number of nitrogens with one attached hydrogen (secondary N) is 1. The van der Waals surface area contributed by atoms with Crippen LogP contribution in [0.5, 0.6) is 0 Å². The molecule has 0 amide bonds. The highest BCUT2D eigenvalue weighted by molar-refractivity contribution is 6.42. The van der Waals surface area contributed by atoms with Crippen LogP contribution in [0.1, 0.15) is 31.0 Å². The van der Waals surface area contributed by atoms with Crippen molar-refractivity contribution in [3.8, 4) is 0 Å². The Kier molecular flexibility index (Phi) is 3.22. The van der Waals surface area contributed by atoms with Crippen LogP contribution in [0.4, 0.5) is 0 Å². The first kappa shape index (κ1) is 12.3. The number of rotatable bonds is 2. The SMILES string of the molecule is NCC1CCCC1c1nc2cc(Cl)c(Cl)cc2[nH]1. The van der Waals surface area contributed by atoms with Gasteiger partial charge in [0.2, 0.25) is 0 Å². The summed E-state index contributed by atoms with van der Waals surface area (Å²) in [6.07, 6.45) is 3.58. The molecule has 18 heavy (non-hydrogen) atoms. The number of halogens is 2. The van der Waals surface area contributed by atoms with E-state index in [0.29, 0.717) is 21.9 Å². The number of aromatic nitrogens is 2. The lowest BCUT2D eigenvalue weighted by atomic mass is 9.96. The van der Waals surface area contributed by atoms with Gasteiger partial charge in [-0.05, 0) is 37.4 Å². The van der Waals surface area contributed by atoms with Crippen molar-refractivity contribution in [3.05, 3.63) is 28.0 Å². The van der Waals surface area contributed by atoms with Gasteiger partial charge in [-0.3, -0.25) is 0 Å². The number of imidazole rings is 1. The van der Waals surface area contributed by atoms with Gasteiger partial charge in [-0.2, -0.15) is 0 Å². The average molecular weight is 284 g/mol. The van der Waals surface area contributed by atoms with Gasteiger partial charge in [0, 0.05) is 5.92 Å². The first-order valence-electron chi connectivity index (χ1n) is 6.23. The summed E-state index contributed by atoms with van der Waals surface area (Å²) in [4.78, 5) is 8.00. The Hall–Kier alpha value is -0.770. The van der Waals surface area contributed by atoms with Gasteiger partial charge in [0.1, 0.15) is 5.82 Å². The quantitative estimate of drug-likeness (QED) is 0.883. The van der Waals surface area contributed by atoms with Crippen LogP contribution < -0.4 is 5.73 Å². The molecule has 2 aromatic rings. The molecular weight excluding hydrogens is 269 g/mol. The minimum absolute atomic E-state index is 0.444. The fraction of sp³-hybridized carbons (Fsp3) is 0.462. The summed E-state index contributed by atoms with van der Waals surface area (Å²) < 4.78 is 0. The Labute approximate surface area is 116 Å². The molecule has 1 aromatic heterocycles. The van der Waals surface area contributed by atoms with Gasteiger partial charge < -0.3 is 10.7 Å². The summed E-state index contributed by atoms with van der Waals surface area (Å²) in [5.41, 5.74) is 7.64. The minimum atomic E-state index is 0.444. The molecule has 0 saturated heterocycles. The van der Waals surface area contributed by atoms with E-state index in [1.807, 2.05) is 12.1 Å². The highest BCUT2D eigenvalue weighted by Crippen LogP contribution is 2.38. The summed E-state index contributed by atoms with van der Waals surface area (Å²) in [6.45, 7) is 0.725. The lowest BCUT2D eigenvalue weighted by molar-refractivity contribution is 0.481. The molecule has 1 aliphatic rings. The van der Waals surface area contributed by atoms with Crippen molar-refractivity contribution in [2.24, 2.45) is 11.7 Å². The van der Waals surface area contributed by atoms with E-state index < -0.39 is 0 Å².